The summed E-state index contributed by atoms with van der Waals surface area (Å²) in [7, 11) is 0. The Kier molecular flexibility index (Phi) is 7.72. The van der Waals surface area contributed by atoms with Gasteiger partial charge in [0.1, 0.15) is 11.5 Å². The van der Waals surface area contributed by atoms with Gasteiger partial charge in [-0.2, -0.15) is 0 Å². The predicted molar refractivity (Wildman–Crippen MR) is 288 cm³/mol. The molecule has 16 rings (SSSR count). The summed E-state index contributed by atoms with van der Waals surface area (Å²) in [5.41, 5.74) is 17.9. The fourth-order valence-corrected chi connectivity index (χ4v) is 12.5. The molecule has 330 valence electrons. The number of rotatable bonds is 4. The van der Waals surface area contributed by atoms with Crippen LogP contribution in [-0.2, 0) is 5.41 Å². The van der Waals surface area contributed by atoms with Crippen molar-refractivity contribution in [2.24, 2.45) is 0 Å². The third-order valence-electron chi connectivity index (χ3n) is 15.4. The molecule has 9 aromatic carbocycles. The molecule has 0 saturated heterocycles. The number of para-hydroxylation sites is 5. The molecule has 0 bridgehead atoms. The third kappa shape index (κ3) is 5.15. The van der Waals surface area contributed by atoms with E-state index in [1.807, 2.05) is 12.4 Å². The molecule has 6 nitrogen and oxygen atoms in total. The molecule has 1 spiro atoms. The van der Waals surface area contributed by atoms with Gasteiger partial charge in [-0.15, -0.1) is 0 Å². The number of hydrogen-bond donors (Lipinski definition) is 0. The van der Waals surface area contributed by atoms with Gasteiger partial charge < -0.3 is 18.4 Å². The lowest BCUT2D eigenvalue weighted by Crippen LogP contribution is -2.32. The summed E-state index contributed by atoms with van der Waals surface area (Å²) in [6, 6.07) is 81.4. The SMILES string of the molecule is c1cnc2c(c1)C1(c3cc(-c4ccc5c(c4)c4ccccc4n5-c4ccc(-n5c6ccccc6c6ccccc65)cc4)ccc3Oc3ccc(-n4c5ccccc5c5ccccc54)cc31)c1cccnc1-2. The number of nitrogens with zero attached hydrogens (tertiary/aromatic N) is 5. The molecule has 6 heteroatoms. The summed E-state index contributed by atoms with van der Waals surface area (Å²) < 4.78 is 14.2. The van der Waals surface area contributed by atoms with Crippen LogP contribution in [0.25, 0.3) is 105 Å². The first-order chi connectivity index (χ1) is 35.2. The maximum absolute atomic E-state index is 7.03. The maximum Gasteiger partial charge on any atom is 0.132 e. The summed E-state index contributed by atoms with van der Waals surface area (Å²) >= 11 is 0. The lowest BCUT2D eigenvalue weighted by Gasteiger charge is -2.39. The minimum atomic E-state index is -0.771. The lowest BCUT2D eigenvalue weighted by molar-refractivity contribution is 0.436. The van der Waals surface area contributed by atoms with Crippen LogP contribution >= 0.6 is 0 Å². The zero-order chi connectivity index (χ0) is 46.4. The van der Waals surface area contributed by atoms with E-state index < -0.39 is 5.41 Å². The van der Waals surface area contributed by atoms with Crippen molar-refractivity contribution in [1.29, 1.82) is 0 Å². The molecule has 1 aliphatic carbocycles. The number of pyridine rings is 2. The molecule has 0 radical (unpaired) electrons. The van der Waals surface area contributed by atoms with Crippen LogP contribution in [0.1, 0.15) is 22.3 Å². The summed E-state index contributed by atoms with van der Waals surface area (Å²) in [5.74, 6) is 1.64. The van der Waals surface area contributed by atoms with E-state index in [1.165, 1.54) is 43.4 Å². The van der Waals surface area contributed by atoms with Gasteiger partial charge in [0.15, 0.2) is 0 Å². The highest BCUT2D eigenvalue weighted by Crippen LogP contribution is 2.62. The molecule has 0 saturated carbocycles. The van der Waals surface area contributed by atoms with Crippen molar-refractivity contribution in [3.63, 3.8) is 0 Å². The number of hydrogen-bond acceptors (Lipinski definition) is 3. The van der Waals surface area contributed by atoms with Crippen molar-refractivity contribution in [2.75, 3.05) is 0 Å². The monoisotopic (exact) mass is 905 g/mol. The van der Waals surface area contributed by atoms with Crippen LogP contribution < -0.4 is 4.74 Å². The van der Waals surface area contributed by atoms with Gasteiger partial charge in [-0.05, 0) is 131 Å². The Bertz CT molecular complexity index is 4420. The molecular formula is C65H39N5O. The van der Waals surface area contributed by atoms with Crippen LogP contribution in [0.3, 0.4) is 0 Å². The standard InChI is InChI=1S/C65H39N5O/c1-6-20-55-45(13-1)46-14-2-7-21-56(46)68(55)42-27-29-43(30-28-42)69-59-24-10-5-17-49(59)50-37-40(25-32-60(50)69)41-26-33-61-53(38-41)65(51-18-11-35-66-63(51)64-52(65)19-12-36-67-64)54-39-44(31-34-62(54)71-61)70-57-22-8-3-15-47(57)48-16-4-9-23-58(48)70/h1-39H. The quantitative estimate of drug-likeness (QED) is 0.177. The second-order valence-corrected chi connectivity index (χ2v) is 18.9. The van der Waals surface area contributed by atoms with E-state index in [1.54, 1.807) is 0 Å². The van der Waals surface area contributed by atoms with Gasteiger partial charge in [0.2, 0.25) is 0 Å². The van der Waals surface area contributed by atoms with Gasteiger partial charge in [0, 0.05) is 72.9 Å². The molecule has 6 heterocycles. The van der Waals surface area contributed by atoms with Gasteiger partial charge >= 0.3 is 0 Å². The molecule has 0 fully saturated rings. The Balaban J connectivity index is 0.872. The Labute approximate surface area is 407 Å². The topological polar surface area (TPSA) is 49.8 Å². The molecule has 0 N–H and O–H groups in total. The summed E-state index contributed by atoms with van der Waals surface area (Å²) in [6.07, 6.45) is 3.77. The first-order valence-corrected chi connectivity index (χ1v) is 24.2. The zero-order valence-electron chi connectivity index (χ0n) is 38.2. The molecule has 0 atom stereocenters. The predicted octanol–water partition coefficient (Wildman–Crippen LogP) is 15.9. The van der Waals surface area contributed by atoms with E-state index in [0.717, 1.165) is 95.4 Å². The first-order valence-electron chi connectivity index (χ1n) is 24.2. The largest absolute Gasteiger partial charge is 0.457 e. The normalized spacial score (nSPS) is 13.3. The molecule has 1 aliphatic heterocycles. The van der Waals surface area contributed by atoms with Gasteiger partial charge in [-0.1, -0.05) is 115 Å². The second-order valence-electron chi connectivity index (χ2n) is 18.9. The average Bonchev–Trinajstić information content (AvgIpc) is 4.15. The molecule has 0 unspecified atom stereocenters. The van der Waals surface area contributed by atoms with Crippen LogP contribution in [-0.4, -0.2) is 23.7 Å². The Morgan fingerprint density at radius 2 is 0.676 bits per heavy atom. The van der Waals surface area contributed by atoms with E-state index in [9.17, 15) is 0 Å². The Morgan fingerprint density at radius 3 is 1.18 bits per heavy atom. The lowest BCUT2D eigenvalue weighted by atomic mass is 9.66. The van der Waals surface area contributed by atoms with E-state index in [0.29, 0.717) is 0 Å². The van der Waals surface area contributed by atoms with E-state index >= 15 is 0 Å². The molecule has 0 amide bonds. The van der Waals surface area contributed by atoms with Crippen molar-refractivity contribution in [1.82, 2.24) is 23.7 Å². The highest BCUT2D eigenvalue weighted by Gasteiger charge is 2.52. The van der Waals surface area contributed by atoms with Gasteiger partial charge in [-0.25, -0.2) is 0 Å². The summed E-state index contributed by atoms with van der Waals surface area (Å²) in [4.78, 5) is 10.1. The smallest absolute Gasteiger partial charge is 0.132 e. The van der Waals surface area contributed by atoms with E-state index in [-0.39, 0.29) is 0 Å². The molecular weight excluding hydrogens is 867 g/mol. The van der Waals surface area contributed by atoms with Crippen LogP contribution in [0, 0.1) is 0 Å². The van der Waals surface area contributed by atoms with Crippen LogP contribution in [0.4, 0.5) is 0 Å². The minimum Gasteiger partial charge on any atom is -0.457 e. The van der Waals surface area contributed by atoms with Crippen molar-refractivity contribution in [3.8, 4) is 51.1 Å². The van der Waals surface area contributed by atoms with E-state index in [4.69, 9.17) is 14.7 Å². The molecule has 71 heavy (non-hydrogen) atoms. The highest BCUT2D eigenvalue weighted by molar-refractivity contribution is 6.12. The zero-order valence-corrected chi connectivity index (χ0v) is 38.2. The fourth-order valence-electron chi connectivity index (χ4n) is 12.5. The number of ether oxygens (including phenoxy) is 1. The summed E-state index contributed by atoms with van der Waals surface area (Å²) in [6.45, 7) is 0. The van der Waals surface area contributed by atoms with Gasteiger partial charge in [0.25, 0.3) is 0 Å². The van der Waals surface area contributed by atoms with Crippen molar-refractivity contribution in [2.45, 2.75) is 5.41 Å². The molecule has 5 aromatic heterocycles. The third-order valence-corrected chi connectivity index (χ3v) is 15.4. The Morgan fingerprint density at radius 1 is 0.296 bits per heavy atom. The van der Waals surface area contributed by atoms with Crippen molar-refractivity contribution < 1.29 is 4.74 Å². The van der Waals surface area contributed by atoms with Gasteiger partial charge in [0.05, 0.1) is 49.9 Å². The fraction of sp³-hybridized carbons (Fsp3) is 0.0154. The first kappa shape index (κ1) is 38.4. The average molecular weight is 906 g/mol. The number of aromatic nitrogens is 5. The second kappa shape index (κ2) is 14.3. The van der Waals surface area contributed by atoms with Crippen LogP contribution in [0.5, 0.6) is 11.5 Å². The highest BCUT2D eigenvalue weighted by atomic mass is 16.5. The van der Waals surface area contributed by atoms with Crippen LogP contribution in [0.2, 0.25) is 0 Å². The maximum atomic E-state index is 7.03. The van der Waals surface area contributed by atoms with Crippen molar-refractivity contribution in [3.05, 3.63) is 259 Å². The Hall–Kier alpha value is -9.52. The number of fused-ring (bicyclic) bond motifs is 18. The van der Waals surface area contributed by atoms with Crippen molar-refractivity contribution >= 4 is 65.4 Å². The minimum absolute atomic E-state index is 0.771. The molecule has 2 aliphatic rings. The van der Waals surface area contributed by atoms with E-state index in [2.05, 4.69) is 238 Å². The molecule has 14 aromatic rings. The van der Waals surface area contributed by atoms with Crippen LogP contribution in [0.15, 0.2) is 237 Å². The summed E-state index contributed by atoms with van der Waals surface area (Å²) in [5, 5.41) is 7.36. The van der Waals surface area contributed by atoms with Gasteiger partial charge in [-0.3, -0.25) is 9.97 Å². The number of benzene rings is 9.